The van der Waals surface area contributed by atoms with Crippen LogP contribution in [-0.4, -0.2) is 12.1 Å². The van der Waals surface area contributed by atoms with Gasteiger partial charge in [-0.1, -0.05) is 24.3 Å². The summed E-state index contributed by atoms with van der Waals surface area (Å²) in [7, 11) is 0. The van der Waals surface area contributed by atoms with Crippen LogP contribution in [0.25, 0.3) is 0 Å². The molecule has 2 saturated carbocycles. The third kappa shape index (κ3) is 6.25. The molecule has 0 aliphatic heterocycles. The lowest BCUT2D eigenvalue weighted by Crippen LogP contribution is -2.29. The first-order valence-corrected chi connectivity index (χ1v) is 10.4. The number of ether oxygens (including phenoxy) is 1. The van der Waals surface area contributed by atoms with Crippen molar-refractivity contribution in [2.75, 3.05) is 0 Å². The molecule has 0 atom stereocenters. The number of nitriles is 1. The number of hydrogen-bond donors (Lipinski definition) is 0. The van der Waals surface area contributed by atoms with E-state index in [0.717, 1.165) is 56.9 Å². The normalized spacial score (nSPS) is 28.1. The Balaban J connectivity index is 1.39. The maximum atomic E-state index is 13.1. The molecule has 2 aliphatic rings. The van der Waals surface area contributed by atoms with Crippen molar-refractivity contribution in [2.24, 2.45) is 11.8 Å². The molecule has 3 rings (SSSR count). The molecule has 5 heteroatoms. The SMILES string of the molecule is N#CC(F)=C/C=C/C1CCC(OC(=O)[C@H]2CC[C@H](c3ccc(F)cc3)CC2)CC1. The van der Waals surface area contributed by atoms with Crippen LogP contribution in [0.1, 0.15) is 62.8 Å². The largest absolute Gasteiger partial charge is 0.462 e. The number of halogens is 2. The van der Waals surface area contributed by atoms with Crippen molar-refractivity contribution in [3.8, 4) is 6.07 Å². The monoisotopic (exact) mass is 399 g/mol. The minimum absolute atomic E-state index is 0.0339. The lowest BCUT2D eigenvalue weighted by atomic mass is 9.78. The van der Waals surface area contributed by atoms with Crippen LogP contribution in [0.4, 0.5) is 8.78 Å². The third-order valence-electron chi connectivity index (χ3n) is 6.14. The molecule has 0 radical (unpaired) electrons. The van der Waals surface area contributed by atoms with Gasteiger partial charge in [0.15, 0.2) is 5.83 Å². The van der Waals surface area contributed by atoms with Gasteiger partial charge in [0.1, 0.15) is 18.0 Å². The molecule has 29 heavy (non-hydrogen) atoms. The summed E-state index contributed by atoms with van der Waals surface area (Å²) in [5.41, 5.74) is 1.15. The fourth-order valence-electron chi connectivity index (χ4n) is 4.39. The highest BCUT2D eigenvalue weighted by atomic mass is 19.1. The average Bonchev–Trinajstić information content (AvgIpc) is 2.75. The lowest BCUT2D eigenvalue weighted by Gasteiger charge is -2.31. The van der Waals surface area contributed by atoms with Gasteiger partial charge in [0.2, 0.25) is 0 Å². The zero-order valence-electron chi connectivity index (χ0n) is 16.5. The van der Waals surface area contributed by atoms with Gasteiger partial charge in [0.05, 0.1) is 5.92 Å². The van der Waals surface area contributed by atoms with Crippen LogP contribution in [-0.2, 0) is 9.53 Å². The molecule has 2 fully saturated rings. The summed E-state index contributed by atoms with van der Waals surface area (Å²) < 4.78 is 31.6. The molecule has 0 N–H and O–H groups in total. The van der Waals surface area contributed by atoms with Crippen molar-refractivity contribution in [1.29, 1.82) is 5.26 Å². The Morgan fingerprint density at radius 3 is 2.31 bits per heavy atom. The number of esters is 1. The van der Waals surface area contributed by atoms with E-state index in [4.69, 9.17) is 10.00 Å². The van der Waals surface area contributed by atoms with Gasteiger partial charge in [-0.05, 0) is 87.0 Å². The van der Waals surface area contributed by atoms with E-state index in [0.29, 0.717) is 11.8 Å². The Morgan fingerprint density at radius 1 is 1.03 bits per heavy atom. The van der Waals surface area contributed by atoms with Crippen LogP contribution < -0.4 is 0 Å². The Kier molecular flexibility index (Phi) is 7.57. The van der Waals surface area contributed by atoms with Crippen LogP contribution >= 0.6 is 0 Å². The molecular formula is C24H27F2NO2. The predicted molar refractivity (Wildman–Crippen MR) is 107 cm³/mol. The van der Waals surface area contributed by atoms with Crippen molar-refractivity contribution < 1.29 is 18.3 Å². The smallest absolute Gasteiger partial charge is 0.309 e. The standard InChI is InChI=1S/C24H27F2NO2/c25-21-12-10-19(11-13-21)18-6-8-20(9-7-18)24(28)29-23-14-4-17(5-15-23)2-1-3-22(26)16-27/h1-3,10-13,17-18,20,23H,4-9,14-15H2/b2-1+,22-3?/t17?,18-,20-,23?. The molecule has 0 saturated heterocycles. The molecule has 154 valence electrons. The molecule has 0 heterocycles. The van der Waals surface area contributed by atoms with Gasteiger partial charge in [-0.3, -0.25) is 4.79 Å². The zero-order chi connectivity index (χ0) is 20.6. The molecule has 0 amide bonds. The van der Waals surface area contributed by atoms with Gasteiger partial charge in [-0.2, -0.15) is 9.65 Å². The van der Waals surface area contributed by atoms with Gasteiger partial charge < -0.3 is 4.74 Å². The van der Waals surface area contributed by atoms with Crippen LogP contribution in [0.5, 0.6) is 0 Å². The van der Waals surface area contributed by atoms with E-state index >= 15 is 0 Å². The van der Waals surface area contributed by atoms with Crippen LogP contribution in [0, 0.1) is 29.0 Å². The second-order valence-corrected chi connectivity index (χ2v) is 8.09. The first-order valence-electron chi connectivity index (χ1n) is 10.4. The van der Waals surface area contributed by atoms with Gasteiger partial charge in [-0.25, -0.2) is 4.39 Å². The number of rotatable bonds is 5. The summed E-state index contributed by atoms with van der Waals surface area (Å²) in [5, 5.41) is 8.39. The molecule has 2 aliphatic carbocycles. The van der Waals surface area contributed by atoms with Crippen molar-refractivity contribution in [2.45, 2.75) is 63.4 Å². The lowest BCUT2D eigenvalue weighted by molar-refractivity contribution is -0.157. The topological polar surface area (TPSA) is 50.1 Å². The van der Waals surface area contributed by atoms with Gasteiger partial charge in [0, 0.05) is 0 Å². The van der Waals surface area contributed by atoms with Crippen molar-refractivity contribution in [3.05, 3.63) is 59.7 Å². The van der Waals surface area contributed by atoms with Crippen LogP contribution in [0.2, 0.25) is 0 Å². The van der Waals surface area contributed by atoms with E-state index in [-0.39, 0.29) is 23.8 Å². The number of hydrogen-bond acceptors (Lipinski definition) is 3. The molecule has 1 aromatic rings. The summed E-state index contributed by atoms with van der Waals surface area (Å²) in [6.45, 7) is 0. The Bertz CT molecular complexity index is 778. The van der Waals surface area contributed by atoms with E-state index in [1.54, 1.807) is 6.08 Å². The molecular weight excluding hydrogens is 372 g/mol. The minimum atomic E-state index is -0.794. The molecule has 3 nitrogen and oxygen atoms in total. The summed E-state index contributed by atoms with van der Waals surface area (Å²) in [4.78, 5) is 12.5. The number of allylic oxidation sites excluding steroid dienone is 4. The molecule has 0 spiro atoms. The fourth-order valence-corrected chi connectivity index (χ4v) is 4.39. The van der Waals surface area contributed by atoms with Gasteiger partial charge >= 0.3 is 5.97 Å². The van der Waals surface area contributed by atoms with Crippen molar-refractivity contribution in [3.63, 3.8) is 0 Å². The highest BCUT2D eigenvalue weighted by Crippen LogP contribution is 2.37. The summed E-state index contributed by atoms with van der Waals surface area (Å²) >= 11 is 0. The maximum absolute atomic E-state index is 13.1. The Hall–Kier alpha value is -2.48. The zero-order valence-corrected chi connectivity index (χ0v) is 16.5. The van der Waals surface area contributed by atoms with E-state index in [1.165, 1.54) is 24.3 Å². The summed E-state index contributed by atoms with van der Waals surface area (Å²) in [5.74, 6) is -0.412. The van der Waals surface area contributed by atoms with Gasteiger partial charge in [-0.15, -0.1) is 0 Å². The molecule has 1 aromatic carbocycles. The first kappa shape index (κ1) is 21.2. The number of benzene rings is 1. The molecule has 0 aromatic heterocycles. The second-order valence-electron chi connectivity index (χ2n) is 8.09. The molecule has 0 bridgehead atoms. The van der Waals surface area contributed by atoms with E-state index in [9.17, 15) is 13.6 Å². The predicted octanol–water partition coefficient (Wildman–Crippen LogP) is 6.13. The minimum Gasteiger partial charge on any atom is -0.462 e. The highest BCUT2D eigenvalue weighted by molar-refractivity contribution is 5.72. The van der Waals surface area contributed by atoms with E-state index < -0.39 is 5.83 Å². The summed E-state index contributed by atoms with van der Waals surface area (Å²) in [6, 6.07) is 8.13. The quantitative estimate of drug-likeness (QED) is 0.340. The number of carbonyl (C=O) groups is 1. The third-order valence-corrected chi connectivity index (χ3v) is 6.14. The average molecular weight is 399 g/mol. The number of carbonyl (C=O) groups excluding carboxylic acids is 1. The summed E-state index contributed by atoms with van der Waals surface area (Å²) in [6.07, 6.45) is 11.6. The van der Waals surface area contributed by atoms with E-state index in [1.807, 2.05) is 18.2 Å². The van der Waals surface area contributed by atoms with Crippen molar-refractivity contribution >= 4 is 5.97 Å². The Morgan fingerprint density at radius 2 is 1.69 bits per heavy atom. The van der Waals surface area contributed by atoms with Crippen LogP contribution in [0.3, 0.4) is 0 Å². The van der Waals surface area contributed by atoms with Crippen molar-refractivity contribution in [1.82, 2.24) is 0 Å². The van der Waals surface area contributed by atoms with Gasteiger partial charge in [0.25, 0.3) is 0 Å². The maximum Gasteiger partial charge on any atom is 0.309 e. The van der Waals surface area contributed by atoms with Crippen LogP contribution in [0.15, 0.2) is 48.3 Å². The van der Waals surface area contributed by atoms with E-state index in [2.05, 4.69) is 0 Å². The fraction of sp³-hybridized carbons (Fsp3) is 0.500. The second kappa shape index (κ2) is 10.3. The number of nitrogens with zero attached hydrogens (tertiary/aromatic N) is 1. The highest BCUT2D eigenvalue weighted by Gasteiger charge is 2.30. The molecule has 0 unspecified atom stereocenters. The first-order chi connectivity index (χ1) is 14.0. The Labute approximate surface area is 171 Å².